The van der Waals surface area contributed by atoms with E-state index in [2.05, 4.69) is 0 Å². The Balaban J connectivity index is 2.18. The molecular weight excluding hydrogens is 260 g/mol. The minimum absolute atomic E-state index is 0.202. The summed E-state index contributed by atoms with van der Waals surface area (Å²) in [6, 6.07) is 5.09. The fraction of sp³-hybridized carbons (Fsp3) is 0.455. The molecule has 1 aromatic rings. The monoisotopic (exact) mass is 274 g/mol. The highest BCUT2D eigenvalue weighted by atomic mass is 35.5. The summed E-state index contributed by atoms with van der Waals surface area (Å²) >= 11 is 6.01. The molecule has 0 saturated heterocycles. The van der Waals surface area contributed by atoms with Gasteiger partial charge in [-0.15, -0.1) is 0 Å². The SMILES string of the molecule is CN(Cc1cc(N)ccc1Cl)S(=O)(=O)C1CC1. The largest absolute Gasteiger partial charge is 0.399 e. The number of benzene rings is 1. The molecule has 0 aromatic heterocycles. The predicted octanol–water partition coefficient (Wildman–Crippen LogP) is 1.85. The van der Waals surface area contributed by atoms with Crippen molar-refractivity contribution in [2.45, 2.75) is 24.6 Å². The Kier molecular flexibility index (Phi) is 3.34. The van der Waals surface area contributed by atoms with Gasteiger partial charge in [0, 0.05) is 24.3 Å². The van der Waals surface area contributed by atoms with Crippen LogP contribution in [0.1, 0.15) is 18.4 Å². The molecule has 17 heavy (non-hydrogen) atoms. The van der Waals surface area contributed by atoms with Gasteiger partial charge in [0.15, 0.2) is 0 Å². The van der Waals surface area contributed by atoms with Crippen LogP contribution in [-0.2, 0) is 16.6 Å². The Morgan fingerprint density at radius 2 is 2.12 bits per heavy atom. The first-order chi connectivity index (χ1) is 7.91. The summed E-state index contributed by atoms with van der Waals surface area (Å²) in [6.45, 7) is 0.267. The molecule has 0 heterocycles. The van der Waals surface area contributed by atoms with Crippen LogP contribution < -0.4 is 5.73 Å². The minimum atomic E-state index is -3.16. The molecule has 0 unspecified atom stereocenters. The smallest absolute Gasteiger partial charge is 0.217 e. The van der Waals surface area contributed by atoms with Gasteiger partial charge in [-0.2, -0.15) is 0 Å². The highest BCUT2D eigenvalue weighted by molar-refractivity contribution is 7.90. The molecular formula is C11H15ClN2O2S. The van der Waals surface area contributed by atoms with Crippen LogP contribution in [0.15, 0.2) is 18.2 Å². The lowest BCUT2D eigenvalue weighted by Gasteiger charge is -2.17. The zero-order valence-electron chi connectivity index (χ0n) is 9.56. The molecule has 1 fully saturated rings. The van der Waals surface area contributed by atoms with Gasteiger partial charge in [-0.25, -0.2) is 12.7 Å². The number of sulfonamides is 1. The second-order valence-corrected chi connectivity index (χ2v) is 7.08. The number of halogens is 1. The van der Waals surface area contributed by atoms with Gasteiger partial charge in [-0.1, -0.05) is 11.6 Å². The molecule has 0 amide bonds. The fourth-order valence-electron chi connectivity index (χ4n) is 1.67. The molecule has 2 N–H and O–H groups in total. The number of rotatable bonds is 4. The van der Waals surface area contributed by atoms with Crippen LogP contribution in [0, 0.1) is 0 Å². The maximum absolute atomic E-state index is 11.9. The highest BCUT2D eigenvalue weighted by Gasteiger charge is 2.38. The third kappa shape index (κ3) is 2.73. The van der Waals surface area contributed by atoms with Crippen molar-refractivity contribution in [2.24, 2.45) is 0 Å². The van der Waals surface area contributed by atoms with E-state index in [1.165, 1.54) is 4.31 Å². The van der Waals surface area contributed by atoms with E-state index in [4.69, 9.17) is 17.3 Å². The second-order valence-electron chi connectivity index (χ2n) is 4.35. The van der Waals surface area contributed by atoms with Crippen LogP contribution in [0.2, 0.25) is 5.02 Å². The summed E-state index contributed by atoms with van der Waals surface area (Å²) in [4.78, 5) is 0. The van der Waals surface area contributed by atoms with Crippen LogP contribution >= 0.6 is 11.6 Å². The van der Waals surface area contributed by atoms with E-state index in [0.717, 1.165) is 18.4 Å². The molecule has 6 heteroatoms. The summed E-state index contributed by atoms with van der Waals surface area (Å²) in [6.07, 6.45) is 1.52. The number of anilines is 1. The first-order valence-corrected chi connectivity index (χ1v) is 7.28. The summed E-state index contributed by atoms with van der Waals surface area (Å²) in [5.74, 6) is 0. The van der Waals surface area contributed by atoms with Crippen molar-refractivity contribution in [1.29, 1.82) is 0 Å². The van der Waals surface area contributed by atoms with Crippen LogP contribution in [0.5, 0.6) is 0 Å². The number of nitrogens with zero attached hydrogens (tertiary/aromatic N) is 1. The van der Waals surface area contributed by atoms with E-state index in [1.807, 2.05) is 0 Å². The summed E-state index contributed by atoms with van der Waals surface area (Å²) in [5.41, 5.74) is 6.98. The number of hydrogen-bond acceptors (Lipinski definition) is 3. The van der Waals surface area contributed by atoms with Gasteiger partial charge in [0.05, 0.1) is 5.25 Å². The molecule has 2 rings (SSSR count). The van der Waals surface area contributed by atoms with E-state index in [9.17, 15) is 8.42 Å². The normalized spacial score (nSPS) is 16.4. The Hall–Kier alpha value is -0.780. The van der Waals surface area contributed by atoms with Gasteiger partial charge in [-0.3, -0.25) is 0 Å². The molecule has 0 bridgehead atoms. The molecule has 94 valence electrons. The first kappa shape index (κ1) is 12.7. The summed E-state index contributed by atoms with van der Waals surface area (Å²) in [7, 11) is -1.58. The molecule has 0 atom stereocenters. The van der Waals surface area contributed by atoms with E-state index in [-0.39, 0.29) is 11.8 Å². The third-order valence-electron chi connectivity index (χ3n) is 2.84. The maximum Gasteiger partial charge on any atom is 0.217 e. The van der Waals surface area contributed by atoms with Crippen LogP contribution in [0.25, 0.3) is 0 Å². The number of hydrogen-bond donors (Lipinski definition) is 1. The summed E-state index contributed by atoms with van der Waals surface area (Å²) in [5, 5.41) is 0.337. The highest BCUT2D eigenvalue weighted by Crippen LogP contribution is 2.31. The van der Waals surface area contributed by atoms with E-state index >= 15 is 0 Å². The van der Waals surface area contributed by atoms with Crippen LogP contribution in [0.4, 0.5) is 5.69 Å². The Bertz CT molecular complexity index is 526. The number of nitrogens with two attached hydrogens (primary N) is 1. The van der Waals surface area contributed by atoms with Gasteiger partial charge in [0.25, 0.3) is 0 Å². The van der Waals surface area contributed by atoms with Crippen molar-refractivity contribution in [3.8, 4) is 0 Å². The lowest BCUT2D eigenvalue weighted by atomic mass is 10.2. The van der Waals surface area contributed by atoms with Crippen molar-refractivity contribution < 1.29 is 8.42 Å². The first-order valence-electron chi connectivity index (χ1n) is 5.40. The average molecular weight is 275 g/mol. The van der Waals surface area contributed by atoms with E-state index < -0.39 is 10.0 Å². The van der Waals surface area contributed by atoms with Gasteiger partial charge >= 0.3 is 0 Å². The summed E-state index contributed by atoms with van der Waals surface area (Å²) < 4.78 is 25.2. The lowest BCUT2D eigenvalue weighted by Crippen LogP contribution is -2.29. The topological polar surface area (TPSA) is 63.4 Å². The van der Waals surface area contributed by atoms with E-state index in [0.29, 0.717) is 10.7 Å². The van der Waals surface area contributed by atoms with Crippen LogP contribution in [0.3, 0.4) is 0 Å². The quantitative estimate of drug-likeness (QED) is 0.852. The molecule has 1 aliphatic carbocycles. The second kappa shape index (κ2) is 4.48. The number of nitrogen functional groups attached to an aromatic ring is 1. The molecule has 0 aliphatic heterocycles. The molecule has 4 nitrogen and oxygen atoms in total. The molecule has 1 aromatic carbocycles. The molecule has 1 saturated carbocycles. The van der Waals surface area contributed by atoms with Gasteiger partial charge in [0.2, 0.25) is 10.0 Å². The third-order valence-corrected chi connectivity index (χ3v) is 5.52. The Labute approximate surface area is 106 Å². The Morgan fingerprint density at radius 1 is 1.47 bits per heavy atom. The fourth-order valence-corrected chi connectivity index (χ4v) is 3.40. The average Bonchev–Trinajstić information content (AvgIpc) is 3.07. The van der Waals surface area contributed by atoms with Gasteiger partial charge in [0.1, 0.15) is 0 Å². The van der Waals surface area contributed by atoms with Crippen molar-refractivity contribution in [2.75, 3.05) is 12.8 Å². The van der Waals surface area contributed by atoms with Gasteiger partial charge < -0.3 is 5.73 Å². The zero-order valence-corrected chi connectivity index (χ0v) is 11.1. The van der Waals surface area contributed by atoms with Crippen molar-refractivity contribution in [1.82, 2.24) is 4.31 Å². The van der Waals surface area contributed by atoms with Gasteiger partial charge in [-0.05, 0) is 36.6 Å². The molecule has 0 spiro atoms. The molecule has 1 aliphatic rings. The van der Waals surface area contributed by atoms with Crippen molar-refractivity contribution in [3.63, 3.8) is 0 Å². The van der Waals surface area contributed by atoms with Crippen molar-refractivity contribution >= 4 is 27.3 Å². The maximum atomic E-state index is 11.9. The van der Waals surface area contributed by atoms with Crippen LogP contribution in [-0.4, -0.2) is 25.0 Å². The molecule has 0 radical (unpaired) electrons. The standard InChI is InChI=1S/C11H15ClN2O2S/c1-14(17(15,16)10-3-4-10)7-8-6-9(13)2-5-11(8)12/h2,5-6,10H,3-4,7,13H2,1H3. The van der Waals surface area contributed by atoms with E-state index in [1.54, 1.807) is 25.2 Å². The predicted molar refractivity (Wildman–Crippen MR) is 69.3 cm³/mol. The van der Waals surface area contributed by atoms with Crippen molar-refractivity contribution in [3.05, 3.63) is 28.8 Å². The Morgan fingerprint density at radius 3 is 2.71 bits per heavy atom. The zero-order chi connectivity index (χ0) is 12.6. The minimum Gasteiger partial charge on any atom is -0.399 e. The lowest BCUT2D eigenvalue weighted by molar-refractivity contribution is 0.465.